The molecule has 0 aromatic carbocycles. The number of ketones is 1. The van der Waals surface area contributed by atoms with Gasteiger partial charge in [0.1, 0.15) is 0 Å². The molecule has 2 nitrogen and oxygen atoms in total. The molecule has 0 bridgehead atoms. The lowest BCUT2D eigenvalue weighted by Gasteiger charge is -2.21. The van der Waals surface area contributed by atoms with E-state index in [1.165, 1.54) is 17.7 Å². The molecule has 2 rings (SSSR count). The van der Waals surface area contributed by atoms with Gasteiger partial charge in [0.05, 0.1) is 6.10 Å². The second-order valence-corrected chi connectivity index (χ2v) is 5.51. The quantitative estimate of drug-likeness (QED) is 0.749. The van der Waals surface area contributed by atoms with Gasteiger partial charge < -0.3 is 4.74 Å². The van der Waals surface area contributed by atoms with Crippen molar-refractivity contribution in [2.75, 3.05) is 6.61 Å². The van der Waals surface area contributed by atoms with Crippen LogP contribution < -0.4 is 0 Å². The maximum absolute atomic E-state index is 11.9. The highest BCUT2D eigenvalue weighted by atomic mass is 32.1. The first kappa shape index (κ1) is 11.8. The number of aryl methyl sites for hydroxylation is 1. The smallest absolute Gasteiger partial charge is 0.163 e. The Balaban J connectivity index is 1.79. The first-order valence-electron chi connectivity index (χ1n) is 5.95. The van der Waals surface area contributed by atoms with Crippen molar-refractivity contribution in [1.29, 1.82) is 0 Å². The number of Topliss-reactive ketones (excluding diaryl/α,β-unsaturated/α-hetero) is 1. The Hall–Kier alpha value is -0.670. The van der Waals surface area contributed by atoms with E-state index in [4.69, 9.17) is 4.74 Å². The molecule has 1 aromatic rings. The minimum absolute atomic E-state index is 0.263. The summed E-state index contributed by atoms with van der Waals surface area (Å²) in [5.74, 6) is 0.263. The summed E-state index contributed by atoms with van der Waals surface area (Å²) in [5, 5.41) is 1.96. The lowest BCUT2D eigenvalue weighted by atomic mass is 10.0. The molecular weight excluding hydrogens is 220 g/mol. The van der Waals surface area contributed by atoms with E-state index >= 15 is 0 Å². The summed E-state index contributed by atoms with van der Waals surface area (Å²) in [4.78, 5) is 13.1. The summed E-state index contributed by atoms with van der Waals surface area (Å²) in [5.41, 5.74) is 0.873. The van der Waals surface area contributed by atoms with Gasteiger partial charge >= 0.3 is 0 Å². The number of thiophene rings is 1. The van der Waals surface area contributed by atoms with Gasteiger partial charge in [0, 0.05) is 28.8 Å². The van der Waals surface area contributed by atoms with Crippen LogP contribution in [0.2, 0.25) is 0 Å². The summed E-state index contributed by atoms with van der Waals surface area (Å²) in [6, 6.07) is 1.98. The second-order valence-electron chi connectivity index (χ2n) is 4.40. The molecule has 16 heavy (non-hydrogen) atoms. The number of ether oxygens (including phenoxy) is 1. The van der Waals surface area contributed by atoms with Gasteiger partial charge in [-0.15, -0.1) is 11.3 Å². The van der Waals surface area contributed by atoms with E-state index in [0.29, 0.717) is 12.5 Å². The Labute approximate surface area is 101 Å². The number of carbonyl (C=O) groups is 1. The van der Waals surface area contributed by atoms with Crippen LogP contribution in [0.3, 0.4) is 0 Å². The fourth-order valence-electron chi connectivity index (χ4n) is 2.06. The van der Waals surface area contributed by atoms with Crippen LogP contribution in [-0.4, -0.2) is 18.5 Å². The molecule has 1 fully saturated rings. The van der Waals surface area contributed by atoms with E-state index < -0.39 is 0 Å². The van der Waals surface area contributed by atoms with Gasteiger partial charge in [-0.25, -0.2) is 0 Å². The molecule has 1 unspecified atom stereocenters. The first-order valence-corrected chi connectivity index (χ1v) is 6.83. The molecule has 0 saturated carbocycles. The van der Waals surface area contributed by atoms with E-state index in [2.05, 4.69) is 0 Å². The summed E-state index contributed by atoms with van der Waals surface area (Å²) in [6.07, 6.45) is 5.37. The molecule has 0 spiro atoms. The zero-order chi connectivity index (χ0) is 11.4. The molecule has 0 radical (unpaired) electrons. The van der Waals surface area contributed by atoms with Crippen molar-refractivity contribution < 1.29 is 9.53 Å². The van der Waals surface area contributed by atoms with Crippen LogP contribution in [0.15, 0.2) is 11.4 Å². The van der Waals surface area contributed by atoms with Crippen molar-refractivity contribution in [1.82, 2.24) is 0 Å². The largest absolute Gasteiger partial charge is 0.378 e. The number of hydrogen-bond acceptors (Lipinski definition) is 3. The fraction of sp³-hybridized carbons (Fsp3) is 0.615. The van der Waals surface area contributed by atoms with Crippen molar-refractivity contribution in [3.05, 3.63) is 21.9 Å². The van der Waals surface area contributed by atoms with Gasteiger partial charge in [-0.05, 0) is 38.7 Å². The van der Waals surface area contributed by atoms with Gasteiger partial charge in [0.2, 0.25) is 0 Å². The number of hydrogen-bond donors (Lipinski definition) is 0. The molecule has 0 N–H and O–H groups in total. The summed E-state index contributed by atoms with van der Waals surface area (Å²) in [6.45, 7) is 2.90. The average Bonchev–Trinajstić information content (AvgIpc) is 2.74. The minimum atomic E-state index is 0.263. The molecule has 2 heterocycles. The highest BCUT2D eigenvalue weighted by molar-refractivity contribution is 7.10. The van der Waals surface area contributed by atoms with Crippen LogP contribution in [0.4, 0.5) is 0 Å². The highest BCUT2D eigenvalue weighted by Crippen LogP contribution is 2.20. The molecule has 1 aliphatic heterocycles. The Bertz CT molecular complexity index is 351. The van der Waals surface area contributed by atoms with Gasteiger partial charge in [-0.2, -0.15) is 0 Å². The molecule has 1 aromatic heterocycles. The first-order chi connectivity index (χ1) is 7.75. The van der Waals surface area contributed by atoms with E-state index in [1.54, 1.807) is 11.3 Å². The van der Waals surface area contributed by atoms with E-state index in [1.807, 2.05) is 18.4 Å². The molecule has 0 amide bonds. The summed E-state index contributed by atoms with van der Waals surface area (Å²) < 4.78 is 5.62. The third kappa shape index (κ3) is 3.16. The zero-order valence-electron chi connectivity index (χ0n) is 9.70. The normalized spacial score (nSPS) is 20.9. The average molecular weight is 238 g/mol. The van der Waals surface area contributed by atoms with Crippen LogP contribution in [0, 0.1) is 6.92 Å². The molecular formula is C13H18O2S. The minimum Gasteiger partial charge on any atom is -0.378 e. The Morgan fingerprint density at radius 2 is 2.44 bits per heavy atom. The van der Waals surface area contributed by atoms with Crippen LogP contribution in [0.1, 0.15) is 47.3 Å². The predicted molar refractivity (Wildman–Crippen MR) is 66.2 cm³/mol. The summed E-state index contributed by atoms with van der Waals surface area (Å²) in [7, 11) is 0. The van der Waals surface area contributed by atoms with Crippen LogP contribution in [0.5, 0.6) is 0 Å². The van der Waals surface area contributed by atoms with Gasteiger partial charge in [0.15, 0.2) is 5.78 Å². The SMILES string of the molecule is Cc1cc(C(=O)CCC2CCCCO2)cs1. The molecule has 88 valence electrons. The van der Waals surface area contributed by atoms with Gasteiger partial charge in [-0.3, -0.25) is 4.79 Å². The van der Waals surface area contributed by atoms with Gasteiger partial charge in [-0.1, -0.05) is 0 Å². The summed E-state index contributed by atoms with van der Waals surface area (Å²) >= 11 is 1.64. The number of carbonyl (C=O) groups excluding carboxylic acids is 1. The lowest BCUT2D eigenvalue weighted by molar-refractivity contribution is 0.0104. The molecule has 1 saturated heterocycles. The fourth-order valence-corrected chi connectivity index (χ4v) is 2.77. The molecule has 1 aliphatic rings. The van der Waals surface area contributed by atoms with Gasteiger partial charge in [0.25, 0.3) is 0 Å². The van der Waals surface area contributed by atoms with Crippen LogP contribution >= 0.6 is 11.3 Å². The van der Waals surface area contributed by atoms with E-state index in [-0.39, 0.29) is 5.78 Å². The predicted octanol–water partition coefficient (Wildman–Crippen LogP) is 3.59. The van der Waals surface area contributed by atoms with E-state index in [9.17, 15) is 4.79 Å². The Morgan fingerprint density at radius 3 is 3.06 bits per heavy atom. The van der Waals surface area contributed by atoms with Crippen LogP contribution in [-0.2, 0) is 4.74 Å². The standard InChI is InChI=1S/C13H18O2S/c1-10-8-11(9-16-10)13(14)6-5-12-4-2-3-7-15-12/h8-9,12H,2-7H2,1H3. The molecule has 3 heteroatoms. The Morgan fingerprint density at radius 1 is 1.56 bits per heavy atom. The highest BCUT2D eigenvalue weighted by Gasteiger charge is 2.16. The van der Waals surface area contributed by atoms with Crippen molar-refractivity contribution in [3.8, 4) is 0 Å². The van der Waals surface area contributed by atoms with Crippen LogP contribution in [0.25, 0.3) is 0 Å². The van der Waals surface area contributed by atoms with Crippen molar-refractivity contribution >= 4 is 17.1 Å². The van der Waals surface area contributed by atoms with Crippen molar-refractivity contribution in [3.63, 3.8) is 0 Å². The lowest BCUT2D eigenvalue weighted by Crippen LogP contribution is -2.19. The third-order valence-electron chi connectivity index (χ3n) is 3.02. The number of rotatable bonds is 4. The van der Waals surface area contributed by atoms with E-state index in [0.717, 1.165) is 25.0 Å². The monoisotopic (exact) mass is 238 g/mol. The van der Waals surface area contributed by atoms with Crippen molar-refractivity contribution in [2.24, 2.45) is 0 Å². The topological polar surface area (TPSA) is 26.3 Å². The Kier molecular flexibility index (Phi) is 4.13. The molecule has 0 aliphatic carbocycles. The van der Waals surface area contributed by atoms with Crippen molar-refractivity contribution in [2.45, 2.75) is 45.1 Å². The second kappa shape index (κ2) is 5.60. The maximum Gasteiger partial charge on any atom is 0.163 e. The third-order valence-corrected chi connectivity index (χ3v) is 3.88. The zero-order valence-corrected chi connectivity index (χ0v) is 10.5. The maximum atomic E-state index is 11.9. The molecule has 1 atom stereocenters.